The number of nitrogens with zero attached hydrogens (tertiary/aromatic N) is 2. The molecule has 47 heavy (non-hydrogen) atoms. The van der Waals surface area contributed by atoms with Crippen LogP contribution in [0.1, 0.15) is 52.2 Å². The highest BCUT2D eigenvalue weighted by Gasteiger charge is 2.44. The van der Waals surface area contributed by atoms with Gasteiger partial charge in [-0.25, -0.2) is 5.01 Å². The van der Waals surface area contributed by atoms with Crippen LogP contribution < -0.4 is 10.1 Å². The Kier molecular flexibility index (Phi) is 9.40. The van der Waals surface area contributed by atoms with E-state index in [9.17, 15) is 27.6 Å². The van der Waals surface area contributed by atoms with Crippen LogP contribution in [0, 0.1) is 0 Å². The number of hydrogen-bond donors (Lipinski definition) is 1. The number of halogens is 3. The first-order chi connectivity index (χ1) is 22.7. The number of amides is 2. The minimum Gasteiger partial charge on any atom is -0.457 e. The summed E-state index contributed by atoms with van der Waals surface area (Å²) in [5.41, 5.74) is 4.23. The van der Waals surface area contributed by atoms with E-state index in [4.69, 9.17) is 4.74 Å². The second kappa shape index (κ2) is 13.8. The van der Waals surface area contributed by atoms with Crippen molar-refractivity contribution in [3.8, 4) is 22.6 Å². The van der Waals surface area contributed by atoms with E-state index in [1.165, 1.54) is 5.01 Å². The maximum Gasteiger partial charge on any atom is 0.407 e. The number of nitrogens with one attached hydrogen (secondary N) is 1. The number of alkyl halides is 3. The predicted octanol–water partition coefficient (Wildman–Crippen LogP) is 6.92. The normalized spacial score (nSPS) is 17.1. The van der Waals surface area contributed by atoms with E-state index >= 15 is 0 Å². The number of ether oxygens (including phenoxy) is 1. The number of para-hydroxylation sites is 2. The zero-order valence-corrected chi connectivity index (χ0v) is 25.6. The number of hydrazine groups is 1. The van der Waals surface area contributed by atoms with Gasteiger partial charge in [0.2, 0.25) is 5.91 Å². The first-order valence-electron chi connectivity index (χ1n) is 15.6. The van der Waals surface area contributed by atoms with Crippen LogP contribution in [0.25, 0.3) is 11.1 Å². The average molecular weight is 642 g/mol. The molecule has 7 nitrogen and oxygen atoms in total. The Morgan fingerprint density at radius 2 is 1.64 bits per heavy atom. The summed E-state index contributed by atoms with van der Waals surface area (Å²) in [5, 5.41) is 5.15. The molecule has 1 heterocycles. The summed E-state index contributed by atoms with van der Waals surface area (Å²) in [4.78, 5) is 38.6. The fraction of sp³-hybridized carbons (Fsp3) is 0.270. The lowest BCUT2D eigenvalue weighted by Gasteiger charge is -2.34. The first kappa shape index (κ1) is 32.0. The minimum atomic E-state index is -4.65. The monoisotopic (exact) mass is 641 g/mol. The molecular weight excluding hydrogens is 607 g/mol. The van der Waals surface area contributed by atoms with Crippen molar-refractivity contribution in [1.29, 1.82) is 0 Å². The minimum absolute atomic E-state index is 0.0300. The Bertz CT molecular complexity index is 1760. The number of fused-ring (bicyclic) bond motifs is 3. The van der Waals surface area contributed by atoms with E-state index < -0.39 is 36.5 Å². The Balaban J connectivity index is 1.23. The molecule has 242 valence electrons. The zero-order chi connectivity index (χ0) is 33.0. The highest BCUT2D eigenvalue weighted by atomic mass is 19.4. The number of benzene rings is 4. The highest BCUT2D eigenvalue weighted by molar-refractivity contribution is 5.98. The van der Waals surface area contributed by atoms with E-state index in [1.807, 2.05) is 42.5 Å². The van der Waals surface area contributed by atoms with Crippen LogP contribution in [0.3, 0.4) is 0 Å². The van der Waals surface area contributed by atoms with Gasteiger partial charge in [0.1, 0.15) is 24.3 Å². The first-order valence-corrected chi connectivity index (χ1v) is 15.6. The van der Waals surface area contributed by atoms with Crippen molar-refractivity contribution >= 4 is 18.1 Å². The summed E-state index contributed by atoms with van der Waals surface area (Å²) >= 11 is 0. The van der Waals surface area contributed by atoms with Crippen LogP contribution in [0.15, 0.2) is 97.1 Å². The molecule has 2 atom stereocenters. The standard InChI is InChI=1S/C37H34F3N3O4/c38-37(39,40)24-43(36(46)34-29-16-5-4-15-28(29)33-25(11-8-9-22-44)12-10-18-31(33)34)42-21-20-26(23-42)41-35(45)30-17-6-7-19-32(30)47-27-13-2-1-3-14-27/h1-7,10,12-19,22,26,34H,8-9,11,20-21,23-24H2,(H,41,45). The Morgan fingerprint density at radius 3 is 2.43 bits per heavy atom. The van der Waals surface area contributed by atoms with E-state index in [0.717, 1.165) is 28.0 Å². The maximum atomic E-state index is 14.3. The Labute approximate surface area is 270 Å². The summed E-state index contributed by atoms with van der Waals surface area (Å²) in [6.45, 7) is -1.27. The van der Waals surface area contributed by atoms with Gasteiger partial charge in [-0.15, -0.1) is 0 Å². The predicted molar refractivity (Wildman–Crippen MR) is 171 cm³/mol. The molecule has 1 fully saturated rings. The van der Waals surface area contributed by atoms with Crippen LogP contribution in [0.2, 0.25) is 0 Å². The Hall–Kier alpha value is -4.96. The molecule has 0 radical (unpaired) electrons. The third-order valence-corrected chi connectivity index (χ3v) is 8.58. The van der Waals surface area contributed by atoms with Gasteiger partial charge in [0.25, 0.3) is 5.91 Å². The number of aldehydes is 1. The maximum absolute atomic E-state index is 14.3. The number of carbonyl (C=O) groups is 3. The number of aryl methyl sites for hydroxylation is 1. The smallest absolute Gasteiger partial charge is 0.407 e. The van der Waals surface area contributed by atoms with Crippen LogP contribution in [0.4, 0.5) is 13.2 Å². The summed E-state index contributed by atoms with van der Waals surface area (Å²) < 4.78 is 48.1. The molecule has 0 spiro atoms. The second-order valence-corrected chi connectivity index (χ2v) is 11.8. The SMILES string of the molecule is O=CCCCc1cccc2c1-c1ccccc1C2C(=O)N(CC(F)(F)F)N1CCC(NC(=O)c2ccccc2Oc2ccccc2)C1. The van der Waals surface area contributed by atoms with Crippen molar-refractivity contribution in [3.05, 3.63) is 119 Å². The van der Waals surface area contributed by atoms with E-state index in [2.05, 4.69) is 5.32 Å². The summed E-state index contributed by atoms with van der Waals surface area (Å²) in [6, 6.07) is 28.2. The van der Waals surface area contributed by atoms with Gasteiger partial charge in [0.15, 0.2) is 0 Å². The zero-order valence-electron chi connectivity index (χ0n) is 25.6. The van der Waals surface area contributed by atoms with Gasteiger partial charge < -0.3 is 14.8 Å². The van der Waals surface area contributed by atoms with Crippen LogP contribution >= 0.6 is 0 Å². The molecule has 1 N–H and O–H groups in total. The lowest BCUT2D eigenvalue weighted by atomic mass is 9.93. The van der Waals surface area contributed by atoms with Crippen LogP contribution in [-0.4, -0.2) is 60.0 Å². The molecule has 0 aromatic heterocycles. The number of hydrogen-bond acceptors (Lipinski definition) is 5. The average Bonchev–Trinajstić information content (AvgIpc) is 3.66. The van der Waals surface area contributed by atoms with E-state index in [1.54, 1.807) is 54.6 Å². The lowest BCUT2D eigenvalue weighted by molar-refractivity contribution is -0.189. The molecule has 4 aromatic rings. The molecule has 10 heteroatoms. The van der Waals surface area contributed by atoms with Crippen molar-refractivity contribution in [2.24, 2.45) is 0 Å². The van der Waals surface area contributed by atoms with E-state index in [-0.39, 0.29) is 13.1 Å². The molecule has 0 bridgehead atoms. The second-order valence-electron chi connectivity index (χ2n) is 11.8. The summed E-state index contributed by atoms with van der Waals surface area (Å²) in [7, 11) is 0. The molecule has 2 aliphatic rings. The molecule has 1 saturated heterocycles. The molecule has 6 rings (SSSR count). The van der Waals surface area contributed by atoms with Gasteiger partial charge >= 0.3 is 6.18 Å². The lowest BCUT2D eigenvalue weighted by Crippen LogP contribution is -2.52. The van der Waals surface area contributed by atoms with Gasteiger partial charge in [0, 0.05) is 25.6 Å². The number of carbonyl (C=O) groups excluding carboxylic acids is 3. The van der Waals surface area contributed by atoms with Crippen molar-refractivity contribution < 1.29 is 32.3 Å². The summed E-state index contributed by atoms with van der Waals surface area (Å²) in [6.07, 6.45) is -1.80. The molecule has 4 aromatic carbocycles. The van der Waals surface area contributed by atoms with Crippen molar-refractivity contribution in [2.75, 3.05) is 19.6 Å². The molecule has 2 amide bonds. The molecular formula is C37H34F3N3O4. The fourth-order valence-electron chi connectivity index (χ4n) is 6.52. The number of unbranched alkanes of at least 4 members (excludes halogenated alkanes) is 1. The molecule has 1 aliphatic carbocycles. The third-order valence-electron chi connectivity index (χ3n) is 8.58. The van der Waals surface area contributed by atoms with Gasteiger partial charge in [-0.1, -0.05) is 72.8 Å². The van der Waals surface area contributed by atoms with Crippen LogP contribution in [-0.2, 0) is 16.0 Å². The van der Waals surface area contributed by atoms with Crippen molar-refractivity contribution in [2.45, 2.75) is 43.8 Å². The number of rotatable bonds is 11. The highest BCUT2D eigenvalue weighted by Crippen LogP contribution is 2.48. The largest absolute Gasteiger partial charge is 0.457 e. The Morgan fingerprint density at radius 1 is 0.915 bits per heavy atom. The quantitative estimate of drug-likeness (QED) is 0.142. The molecule has 1 aliphatic heterocycles. The molecule has 2 unspecified atom stereocenters. The van der Waals surface area contributed by atoms with Gasteiger partial charge in [-0.3, -0.25) is 14.6 Å². The van der Waals surface area contributed by atoms with Gasteiger partial charge in [-0.05, 0) is 71.3 Å². The third kappa shape index (κ3) is 7.07. The molecule has 0 saturated carbocycles. The fourth-order valence-corrected chi connectivity index (χ4v) is 6.52. The van der Waals surface area contributed by atoms with Gasteiger partial charge in [0.05, 0.1) is 11.5 Å². The van der Waals surface area contributed by atoms with Gasteiger partial charge in [-0.2, -0.15) is 13.2 Å². The van der Waals surface area contributed by atoms with E-state index in [0.29, 0.717) is 53.9 Å². The summed E-state index contributed by atoms with van der Waals surface area (Å²) in [5.74, 6) is -1.11. The topological polar surface area (TPSA) is 79.0 Å². The van der Waals surface area contributed by atoms with Crippen molar-refractivity contribution in [3.63, 3.8) is 0 Å². The van der Waals surface area contributed by atoms with Crippen LogP contribution in [0.5, 0.6) is 11.5 Å². The van der Waals surface area contributed by atoms with Crippen molar-refractivity contribution in [1.82, 2.24) is 15.3 Å².